The number of hydrogen-bond donors (Lipinski definition) is 2. The fourth-order valence-corrected chi connectivity index (χ4v) is 1.07. The van der Waals surface area contributed by atoms with E-state index < -0.39 is 5.91 Å². The van der Waals surface area contributed by atoms with E-state index >= 15 is 0 Å². The van der Waals surface area contributed by atoms with Crippen molar-refractivity contribution in [3.05, 3.63) is 23.8 Å². The summed E-state index contributed by atoms with van der Waals surface area (Å²) in [6, 6.07) is 4.41. The van der Waals surface area contributed by atoms with Gasteiger partial charge in [0, 0.05) is 6.07 Å². The number of carbonyl (C=O) groups excluding carboxylic acids is 1. The summed E-state index contributed by atoms with van der Waals surface area (Å²) in [4.78, 5) is 10.8. The summed E-state index contributed by atoms with van der Waals surface area (Å²) < 4.78 is 5.32. The summed E-state index contributed by atoms with van der Waals surface area (Å²) >= 11 is 0. The van der Waals surface area contributed by atoms with E-state index in [0.717, 1.165) is 0 Å². The summed E-state index contributed by atoms with van der Waals surface area (Å²) in [5.41, 5.74) is 5.12. The Morgan fingerprint density at radius 2 is 2.14 bits per heavy atom. The first kappa shape index (κ1) is 10.4. The van der Waals surface area contributed by atoms with E-state index in [1.54, 1.807) is 6.07 Å². The van der Waals surface area contributed by atoms with E-state index in [2.05, 4.69) is 0 Å². The Morgan fingerprint density at radius 1 is 1.50 bits per heavy atom. The molecule has 14 heavy (non-hydrogen) atoms. The molecule has 0 fully saturated rings. The zero-order valence-electron chi connectivity index (χ0n) is 8.15. The molecule has 0 bridgehead atoms. The molecule has 1 aromatic rings. The van der Waals surface area contributed by atoms with E-state index in [4.69, 9.17) is 10.5 Å². The Bertz CT molecular complexity index is 347. The average molecular weight is 195 g/mol. The first-order chi connectivity index (χ1) is 6.50. The molecule has 0 aliphatic rings. The Labute approximate surface area is 82.3 Å². The van der Waals surface area contributed by atoms with Gasteiger partial charge in [-0.15, -0.1) is 0 Å². The number of benzene rings is 1. The van der Waals surface area contributed by atoms with Gasteiger partial charge in [-0.25, -0.2) is 0 Å². The molecule has 0 radical (unpaired) electrons. The van der Waals surface area contributed by atoms with Gasteiger partial charge >= 0.3 is 0 Å². The number of primary amides is 1. The number of ether oxygens (including phenoxy) is 1. The van der Waals surface area contributed by atoms with Gasteiger partial charge in [0.1, 0.15) is 11.5 Å². The highest BCUT2D eigenvalue weighted by Crippen LogP contribution is 2.23. The minimum atomic E-state index is -0.654. The molecule has 0 aliphatic carbocycles. The van der Waals surface area contributed by atoms with Crippen LogP contribution >= 0.6 is 0 Å². The summed E-state index contributed by atoms with van der Waals surface area (Å²) in [5.74, 6) is -0.295. The molecule has 76 valence electrons. The number of hydrogen-bond acceptors (Lipinski definition) is 3. The minimum absolute atomic E-state index is 0.0221. The highest BCUT2D eigenvalue weighted by Gasteiger charge is 2.08. The number of aromatic hydroxyl groups is 1. The van der Waals surface area contributed by atoms with E-state index in [1.165, 1.54) is 12.1 Å². The zero-order chi connectivity index (χ0) is 10.7. The molecule has 0 spiro atoms. The van der Waals surface area contributed by atoms with E-state index in [0.29, 0.717) is 5.75 Å². The third-order valence-electron chi connectivity index (χ3n) is 1.61. The van der Waals surface area contributed by atoms with Crippen molar-refractivity contribution in [1.82, 2.24) is 0 Å². The van der Waals surface area contributed by atoms with Gasteiger partial charge in [0.25, 0.3) is 5.91 Å². The SMILES string of the molecule is CC(C)Oc1ccc(C(N)=O)c(O)c1. The Balaban J connectivity index is 2.94. The molecule has 1 aromatic carbocycles. The summed E-state index contributed by atoms with van der Waals surface area (Å²) in [5, 5.41) is 9.39. The van der Waals surface area contributed by atoms with Crippen molar-refractivity contribution in [3.63, 3.8) is 0 Å². The fraction of sp³-hybridized carbons (Fsp3) is 0.300. The van der Waals surface area contributed by atoms with Crippen LogP contribution in [0.2, 0.25) is 0 Å². The molecule has 0 atom stereocenters. The lowest BCUT2D eigenvalue weighted by Crippen LogP contribution is -2.11. The Hall–Kier alpha value is -1.71. The number of carbonyl (C=O) groups is 1. The highest BCUT2D eigenvalue weighted by molar-refractivity contribution is 5.95. The number of rotatable bonds is 3. The van der Waals surface area contributed by atoms with Gasteiger partial charge in [-0.1, -0.05) is 0 Å². The lowest BCUT2D eigenvalue weighted by atomic mass is 10.2. The van der Waals surface area contributed by atoms with Gasteiger partial charge in [-0.2, -0.15) is 0 Å². The van der Waals surface area contributed by atoms with Crippen molar-refractivity contribution in [3.8, 4) is 11.5 Å². The van der Waals surface area contributed by atoms with Crippen molar-refractivity contribution in [2.24, 2.45) is 5.73 Å². The first-order valence-corrected chi connectivity index (χ1v) is 4.30. The summed E-state index contributed by atoms with van der Waals surface area (Å²) in [6.07, 6.45) is 0.0221. The number of amides is 1. The van der Waals surface area contributed by atoms with Gasteiger partial charge < -0.3 is 15.6 Å². The predicted octanol–water partition coefficient (Wildman–Crippen LogP) is 1.28. The lowest BCUT2D eigenvalue weighted by Gasteiger charge is -2.10. The topological polar surface area (TPSA) is 72.5 Å². The third-order valence-corrected chi connectivity index (χ3v) is 1.61. The normalized spacial score (nSPS) is 10.2. The van der Waals surface area contributed by atoms with Crippen LogP contribution in [-0.2, 0) is 0 Å². The van der Waals surface area contributed by atoms with Crippen LogP contribution in [0.25, 0.3) is 0 Å². The van der Waals surface area contributed by atoms with Gasteiger partial charge in [0.2, 0.25) is 0 Å². The number of nitrogens with two attached hydrogens (primary N) is 1. The maximum Gasteiger partial charge on any atom is 0.252 e. The quantitative estimate of drug-likeness (QED) is 0.763. The van der Waals surface area contributed by atoms with Crippen LogP contribution in [0.4, 0.5) is 0 Å². The molecule has 0 aliphatic heterocycles. The fourth-order valence-electron chi connectivity index (χ4n) is 1.07. The molecule has 1 rings (SSSR count). The predicted molar refractivity (Wildman–Crippen MR) is 52.4 cm³/mol. The molecular weight excluding hydrogens is 182 g/mol. The second kappa shape index (κ2) is 4.00. The van der Waals surface area contributed by atoms with Crippen LogP contribution in [-0.4, -0.2) is 17.1 Å². The van der Waals surface area contributed by atoms with Gasteiger partial charge in [0.15, 0.2) is 0 Å². The smallest absolute Gasteiger partial charge is 0.252 e. The zero-order valence-corrected chi connectivity index (χ0v) is 8.15. The minimum Gasteiger partial charge on any atom is -0.507 e. The van der Waals surface area contributed by atoms with Gasteiger partial charge in [-0.3, -0.25) is 4.79 Å². The lowest BCUT2D eigenvalue weighted by molar-refractivity contribution is 0.0997. The molecular formula is C10H13NO3. The van der Waals surface area contributed by atoms with Crippen molar-refractivity contribution < 1.29 is 14.6 Å². The van der Waals surface area contributed by atoms with Crippen LogP contribution in [0, 0.1) is 0 Å². The maximum atomic E-state index is 10.8. The standard InChI is InChI=1S/C10H13NO3/c1-6(2)14-7-3-4-8(10(11)13)9(12)5-7/h3-6,12H,1-2H3,(H2,11,13). The van der Waals surface area contributed by atoms with Crippen molar-refractivity contribution in [1.29, 1.82) is 0 Å². The van der Waals surface area contributed by atoms with Crippen LogP contribution in [0.15, 0.2) is 18.2 Å². The van der Waals surface area contributed by atoms with Gasteiger partial charge in [0.05, 0.1) is 11.7 Å². The molecule has 0 saturated heterocycles. The van der Waals surface area contributed by atoms with E-state index in [-0.39, 0.29) is 17.4 Å². The Kier molecular flexibility index (Phi) is 2.96. The third kappa shape index (κ3) is 2.39. The second-order valence-corrected chi connectivity index (χ2v) is 3.21. The molecule has 3 N–H and O–H groups in total. The first-order valence-electron chi connectivity index (χ1n) is 4.30. The second-order valence-electron chi connectivity index (χ2n) is 3.21. The van der Waals surface area contributed by atoms with E-state index in [9.17, 15) is 9.90 Å². The summed E-state index contributed by atoms with van der Waals surface area (Å²) in [7, 11) is 0. The summed E-state index contributed by atoms with van der Waals surface area (Å²) in [6.45, 7) is 3.75. The van der Waals surface area contributed by atoms with Crippen molar-refractivity contribution in [2.45, 2.75) is 20.0 Å². The molecule has 0 saturated carbocycles. The van der Waals surface area contributed by atoms with Crippen LogP contribution in [0.1, 0.15) is 24.2 Å². The Morgan fingerprint density at radius 3 is 2.57 bits per heavy atom. The largest absolute Gasteiger partial charge is 0.507 e. The molecule has 4 nitrogen and oxygen atoms in total. The van der Waals surface area contributed by atoms with Crippen molar-refractivity contribution in [2.75, 3.05) is 0 Å². The highest BCUT2D eigenvalue weighted by atomic mass is 16.5. The average Bonchev–Trinajstić information content (AvgIpc) is 2.01. The molecule has 4 heteroatoms. The van der Waals surface area contributed by atoms with Crippen LogP contribution in [0.3, 0.4) is 0 Å². The van der Waals surface area contributed by atoms with Crippen LogP contribution < -0.4 is 10.5 Å². The molecule has 0 aromatic heterocycles. The molecule has 0 heterocycles. The maximum absolute atomic E-state index is 10.8. The van der Waals surface area contributed by atoms with Crippen molar-refractivity contribution >= 4 is 5.91 Å². The molecule has 1 amide bonds. The monoisotopic (exact) mass is 195 g/mol. The van der Waals surface area contributed by atoms with Gasteiger partial charge in [-0.05, 0) is 26.0 Å². The number of phenols is 1. The van der Waals surface area contributed by atoms with E-state index in [1.807, 2.05) is 13.8 Å². The molecule has 0 unspecified atom stereocenters. The van der Waals surface area contributed by atoms with Crippen LogP contribution in [0.5, 0.6) is 11.5 Å².